The third-order valence-electron chi connectivity index (χ3n) is 3.51. The standard InChI is InChI=1S/C15H16N2O2/c1-10-8-11(9-19-10)15(18)17-7-6-13(16)12-4-2-3-5-14(12)17/h2-5,8-9,13H,6-7,16H2,1H3. The molecule has 1 aliphatic rings. The molecule has 0 fully saturated rings. The zero-order valence-corrected chi connectivity index (χ0v) is 10.8. The first-order chi connectivity index (χ1) is 9.16. The van der Waals surface area contributed by atoms with Crippen LogP contribution in [0.4, 0.5) is 5.69 Å². The van der Waals surface area contributed by atoms with E-state index in [-0.39, 0.29) is 11.9 Å². The number of furan rings is 1. The Morgan fingerprint density at radius 2 is 2.21 bits per heavy atom. The maximum absolute atomic E-state index is 12.5. The van der Waals surface area contributed by atoms with Gasteiger partial charge in [-0.15, -0.1) is 0 Å². The van der Waals surface area contributed by atoms with Crippen molar-refractivity contribution in [2.45, 2.75) is 19.4 Å². The summed E-state index contributed by atoms with van der Waals surface area (Å²) >= 11 is 0. The minimum atomic E-state index is -0.0313. The quantitative estimate of drug-likeness (QED) is 0.853. The van der Waals surface area contributed by atoms with Gasteiger partial charge in [-0.25, -0.2) is 0 Å². The minimum Gasteiger partial charge on any atom is -0.469 e. The highest BCUT2D eigenvalue weighted by Crippen LogP contribution is 2.33. The van der Waals surface area contributed by atoms with Gasteiger partial charge in [0.1, 0.15) is 12.0 Å². The normalized spacial score (nSPS) is 18.2. The van der Waals surface area contributed by atoms with Crippen molar-refractivity contribution in [1.29, 1.82) is 0 Å². The molecule has 4 nitrogen and oxygen atoms in total. The monoisotopic (exact) mass is 256 g/mol. The second-order valence-corrected chi connectivity index (χ2v) is 4.86. The number of aryl methyl sites for hydroxylation is 1. The van der Waals surface area contributed by atoms with Crippen molar-refractivity contribution in [2.24, 2.45) is 5.73 Å². The zero-order valence-electron chi connectivity index (χ0n) is 10.8. The number of carbonyl (C=O) groups excluding carboxylic acids is 1. The molecule has 1 amide bonds. The SMILES string of the molecule is Cc1cc(C(=O)N2CCC(N)c3ccccc32)co1. The Balaban J connectivity index is 1.98. The van der Waals surface area contributed by atoms with Crippen LogP contribution in [0.2, 0.25) is 0 Å². The Bertz CT molecular complexity index is 618. The van der Waals surface area contributed by atoms with Crippen molar-refractivity contribution in [1.82, 2.24) is 0 Å². The fraction of sp³-hybridized carbons (Fsp3) is 0.267. The molecule has 0 aliphatic carbocycles. The average molecular weight is 256 g/mol. The van der Waals surface area contributed by atoms with Gasteiger partial charge in [0.15, 0.2) is 0 Å². The van der Waals surface area contributed by atoms with Crippen LogP contribution in [-0.2, 0) is 0 Å². The van der Waals surface area contributed by atoms with Gasteiger partial charge in [-0.2, -0.15) is 0 Å². The summed E-state index contributed by atoms with van der Waals surface area (Å²) in [5, 5.41) is 0. The molecule has 1 unspecified atom stereocenters. The molecule has 2 aromatic rings. The van der Waals surface area contributed by atoms with Crippen LogP contribution in [0.25, 0.3) is 0 Å². The lowest BCUT2D eigenvalue weighted by atomic mass is 9.97. The molecule has 1 aromatic heterocycles. The predicted molar refractivity (Wildman–Crippen MR) is 73.1 cm³/mol. The van der Waals surface area contributed by atoms with Crippen LogP contribution in [0, 0.1) is 6.92 Å². The van der Waals surface area contributed by atoms with Gasteiger partial charge < -0.3 is 15.1 Å². The molecule has 98 valence electrons. The van der Waals surface area contributed by atoms with Gasteiger partial charge in [0.2, 0.25) is 0 Å². The Morgan fingerprint density at radius 3 is 2.95 bits per heavy atom. The molecule has 3 rings (SSSR count). The lowest BCUT2D eigenvalue weighted by Crippen LogP contribution is -2.38. The smallest absolute Gasteiger partial charge is 0.261 e. The van der Waals surface area contributed by atoms with Crippen LogP contribution >= 0.6 is 0 Å². The number of amides is 1. The number of anilines is 1. The largest absolute Gasteiger partial charge is 0.469 e. The van der Waals surface area contributed by atoms with Crippen LogP contribution in [0.15, 0.2) is 41.0 Å². The van der Waals surface area contributed by atoms with E-state index in [1.807, 2.05) is 31.2 Å². The van der Waals surface area contributed by atoms with E-state index in [2.05, 4.69) is 0 Å². The van der Waals surface area contributed by atoms with Crippen molar-refractivity contribution >= 4 is 11.6 Å². The highest BCUT2D eigenvalue weighted by Gasteiger charge is 2.27. The lowest BCUT2D eigenvalue weighted by molar-refractivity contribution is 0.0983. The van der Waals surface area contributed by atoms with Gasteiger partial charge in [0.25, 0.3) is 5.91 Å². The van der Waals surface area contributed by atoms with Crippen molar-refractivity contribution in [3.8, 4) is 0 Å². The van der Waals surface area contributed by atoms with E-state index < -0.39 is 0 Å². The molecule has 2 heterocycles. The maximum Gasteiger partial charge on any atom is 0.261 e. The minimum absolute atomic E-state index is 0.00587. The Hall–Kier alpha value is -2.07. The molecule has 0 saturated heterocycles. The summed E-state index contributed by atoms with van der Waals surface area (Å²) in [6, 6.07) is 9.58. The summed E-state index contributed by atoms with van der Waals surface area (Å²) in [5.74, 6) is 0.710. The molecule has 0 spiro atoms. The molecule has 1 aromatic carbocycles. The Labute approximate surface area is 111 Å². The highest BCUT2D eigenvalue weighted by atomic mass is 16.3. The van der Waals surface area contributed by atoms with E-state index in [0.29, 0.717) is 12.1 Å². The fourth-order valence-corrected chi connectivity index (χ4v) is 2.51. The zero-order chi connectivity index (χ0) is 13.4. The molecule has 4 heteroatoms. The first-order valence-corrected chi connectivity index (χ1v) is 6.38. The third kappa shape index (κ3) is 2.04. The Morgan fingerprint density at radius 1 is 1.42 bits per heavy atom. The van der Waals surface area contributed by atoms with Gasteiger partial charge in [0, 0.05) is 18.3 Å². The summed E-state index contributed by atoms with van der Waals surface area (Å²) in [7, 11) is 0. The number of rotatable bonds is 1. The number of nitrogens with zero attached hydrogens (tertiary/aromatic N) is 1. The number of nitrogens with two attached hydrogens (primary N) is 1. The van der Waals surface area contributed by atoms with Crippen molar-refractivity contribution in [3.05, 3.63) is 53.5 Å². The van der Waals surface area contributed by atoms with E-state index in [4.69, 9.17) is 10.2 Å². The molecule has 19 heavy (non-hydrogen) atoms. The van der Waals surface area contributed by atoms with Crippen LogP contribution < -0.4 is 10.6 Å². The van der Waals surface area contributed by atoms with Crippen molar-refractivity contribution in [3.63, 3.8) is 0 Å². The molecule has 0 bridgehead atoms. The number of carbonyl (C=O) groups is 1. The van der Waals surface area contributed by atoms with Crippen LogP contribution in [0.3, 0.4) is 0 Å². The average Bonchev–Trinajstić information content (AvgIpc) is 2.86. The van der Waals surface area contributed by atoms with E-state index in [1.54, 1.807) is 11.0 Å². The highest BCUT2D eigenvalue weighted by molar-refractivity contribution is 6.06. The van der Waals surface area contributed by atoms with E-state index in [1.165, 1.54) is 6.26 Å². The Kier molecular flexibility index (Phi) is 2.87. The van der Waals surface area contributed by atoms with Crippen LogP contribution in [0.1, 0.15) is 34.1 Å². The van der Waals surface area contributed by atoms with Gasteiger partial charge in [0.05, 0.1) is 5.56 Å². The summed E-state index contributed by atoms with van der Waals surface area (Å²) in [4.78, 5) is 14.3. The molecule has 0 radical (unpaired) electrons. The number of hydrogen-bond acceptors (Lipinski definition) is 3. The van der Waals surface area contributed by atoms with E-state index >= 15 is 0 Å². The van der Waals surface area contributed by atoms with Gasteiger partial charge in [-0.05, 0) is 31.0 Å². The van der Waals surface area contributed by atoms with E-state index in [9.17, 15) is 4.79 Å². The summed E-state index contributed by atoms with van der Waals surface area (Å²) in [6.45, 7) is 2.47. The second-order valence-electron chi connectivity index (χ2n) is 4.86. The summed E-state index contributed by atoms with van der Waals surface area (Å²) < 4.78 is 5.21. The number of hydrogen-bond donors (Lipinski definition) is 1. The summed E-state index contributed by atoms with van der Waals surface area (Å²) in [6.07, 6.45) is 2.29. The van der Waals surface area contributed by atoms with Crippen LogP contribution in [0.5, 0.6) is 0 Å². The first kappa shape index (κ1) is 12.0. The van der Waals surface area contributed by atoms with Gasteiger partial charge in [-0.3, -0.25) is 4.79 Å². The number of benzene rings is 1. The maximum atomic E-state index is 12.5. The van der Waals surface area contributed by atoms with Crippen molar-refractivity contribution < 1.29 is 9.21 Å². The van der Waals surface area contributed by atoms with E-state index in [0.717, 1.165) is 23.4 Å². The molecule has 1 aliphatic heterocycles. The predicted octanol–water partition coefficient (Wildman–Crippen LogP) is 2.64. The topological polar surface area (TPSA) is 59.5 Å². The lowest BCUT2D eigenvalue weighted by Gasteiger charge is -2.32. The molecular weight excluding hydrogens is 240 g/mol. The second kappa shape index (κ2) is 4.55. The summed E-state index contributed by atoms with van der Waals surface area (Å²) in [5.41, 5.74) is 8.62. The van der Waals surface area contributed by atoms with Gasteiger partial charge in [-0.1, -0.05) is 18.2 Å². The number of fused-ring (bicyclic) bond motifs is 1. The number of para-hydroxylation sites is 1. The molecule has 1 atom stereocenters. The van der Waals surface area contributed by atoms with Crippen molar-refractivity contribution in [2.75, 3.05) is 11.4 Å². The first-order valence-electron chi connectivity index (χ1n) is 6.38. The molecular formula is C15H16N2O2. The van der Waals surface area contributed by atoms with Gasteiger partial charge >= 0.3 is 0 Å². The third-order valence-corrected chi connectivity index (χ3v) is 3.51. The van der Waals surface area contributed by atoms with Crippen LogP contribution in [-0.4, -0.2) is 12.5 Å². The fourth-order valence-electron chi connectivity index (χ4n) is 2.51. The molecule has 0 saturated carbocycles. The molecule has 2 N–H and O–H groups in total.